The first-order chi connectivity index (χ1) is 11.7. The Balaban J connectivity index is 1.42. The summed E-state index contributed by atoms with van der Waals surface area (Å²) in [7, 11) is 2.26. The van der Waals surface area contributed by atoms with Crippen molar-refractivity contribution in [3.05, 3.63) is 65.7 Å². The van der Waals surface area contributed by atoms with Gasteiger partial charge in [0.1, 0.15) is 5.75 Å². The highest BCUT2D eigenvalue weighted by Crippen LogP contribution is 2.34. The van der Waals surface area contributed by atoms with E-state index in [1.54, 1.807) is 6.07 Å². The molecule has 0 spiro atoms. The predicted octanol–water partition coefficient (Wildman–Crippen LogP) is 4.98. The molecule has 0 heterocycles. The number of aromatic hydroxyl groups is 1. The molecule has 24 heavy (non-hydrogen) atoms. The standard InChI is InChI=1S/C22H29NO/c1-23(17-7-11-20-10-5-6-12-22(20)24)21-15-13-19(14-16-21)18-8-3-2-4-9-18/h2-6,8-10,12,19,21,24H,7,11,13-17H2,1H3. The second-order valence-electron chi connectivity index (χ2n) is 7.13. The van der Waals surface area contributed by atoms with Crippen molar-refractivity contribution in [3.8, 4) is 5.75 Å². The number of para-hydroxylation sites is 1. The minimum absolute atomic E-state index is 0.434. The van der Waals surface area contributed by atoms with Gasteiger partial charge in [-0.3, -0.25) is 0 Å². The maximum Gasteiger partial charge on any atom is 0.118 e. The van der Waals surface area contributed by atoms with Gasteiger partial charge in [0.25, 0.3) is 0 Å². The molecule has 3 rings (SSSR count). The van der Waals surface area contributed by atoms with Gasteiger partial charge in [-0.15, -0.1) is 0 Å². The minimum Gasteiger partial charge on any atom is -0.508 e. The lowest BCUT2D eigenvalue weighted by atomic mass is 9.81. The largest absolute Gasteiger partial charge is 0.508 e. The van der Waals surface area contributed by atoms with Crippen LogP contribution >= 0.6 is 0 Å². The molecule has 1 saturated carbocycles. The van der Waals surface area contributed by atoms with Crippen LogP contribution in [0.15, 0.2) is 54.6 Å². The van der Waals surface area contributed by atoms with E-state index in [9.17, 15) is 5.11 Å². The number of phenolic OH excluding ortho intramolecular Hbond substituents is 1. The molecule has 0 amide bonds. The zero-order chi connectivity index (χ0) is 16.8. The Morgan fingerprint density at radius 3 is 2.29 bits per heavy atom. The Morgan fingerprint density at radius 1 is 0.917 bits per heavy atom. The molecule has 1 N–H and O–H groups in total. The first-order valence-electron chi connectivity index (χ1n) is 9.26. The lowest BCUT2D eigenvalue weighted by Crippen LogP contribution is -2.35. The molecule has 2 aromatic carbocycles. The van der Waals surface area contributed by atoms with Crippen molar-refractivity contribution >= 4 is 0 Å². The van der Waals surface area contributed by atoms with Crippen LogP contribution in [0.25, 0.3) is 0 Å². The van der Waals surface area contributed by atoms with Crippen LogP contribution in [-0.2, 0) is 6.42 Å². The molecule has 2 aromatic rings. The van der Waals surface area contributed by atoms with Crippen molar-refractivity contribution in [1.29, 1.82) is 0 Å². The van der Waals surface area contributed by atoms with Crippen LogP contribution in [0, 0.1) is 0 Å². The lowest BCUT2D eigenvalue weighted by molar-refractivity contribution is 0.181. The summed E-state index contributed by atoms with van der Waals surface area (Å²) in [6.07, 6.45) is 7.26. The van der Waals surface area contributed by atoms with E-state index in [1.165, 1.54) is 31.2 Å². The Kier molecular flexibility index (Phi) is 5.92. The summed E-state index contributed by atoms with van der Waals surface area (Å²) >= 11 is 0. The van der Waals surface area contributed by atoms with E-state index in [4.69, 9.17) is 0 Å². The van der Waals surface area contributed by atoms with Crippen molar-refractivity contribution in [3.63, 3.8) is 0 Å². The fourth-order valence-electron chi connectivity index (χ4n) is 4.00. The van der Waals surface area contributed by atoms with Crippen LogP contribution in [0.1, 0.15) is 49.1 Å². The molecule has 128 valence electrons. The van der Waals surface area contributed by atoms with E-state index in [0.717, 1.165) is 30.9 Å². The average Bonchev–Trinajstić information content (AvgIpc) is 2.64. The second-order valence-corrected chi connectivity index (χ2v) is 7.13. The van der Waals surface area contributed by atoms with Gasteiger partial charge in [-0.05, 0) is 75.2 Å². The van der Waals surface area contributed by atoms with Gasteiger partial charge in [-0.25, -0.2) is 0 Å². The third-order valence-electron chi connectivity index (χ3n) is 5.54. The maximum absolute atomic E-state index is 9.85. The number of nitrogens with zero attached hydrogens (tertiary/aromatic N) is 1. The normalized spacial score (nSPS) is 21.1. The van der Waals surface area contributed by atoms with Crippen molar-refractivity contribution in [2.24, 2.45) is 0 Å². The van der Waals surface area contributed by atoms with Gasteiger partial charge in [0.2, 0.25) is 0 Å². The van der Waals surface area contributed by atoms with E-state index < -0.39 is 0 Å². The highest BCUT2D eigenvalue weighted by atomic mass is 16.3. The van der Waals surface area contributed by atoms with Gasteiger partial charge in [0.05, 0.1) is 0 Å². The van der Waals surface area contributed by atoms with Gasteiger partial charge in [-0.2, -0.15) is 0 Å². The quantitative estimate of drug-likeness (QED) is 0.810. The summed E-state index contributed by atoms with van der Waals surface area (Å²) < 4.78 is 0. The van der Waals surface area contributed by atoms with E-state index in [0.29, 0.717) is 11.8 Å². The SMILES string of the molecule is CN(CCCc1ccccc1O)C1CCC(c2ccccc2)CC1. The van der Waals surface area contributed by atoms with E-state index >= 15 is 0 Å². The number of aryl methyl sites for hydroxylation is 1. The van der Waals surface area contributed by atoms with Crippen LogP contribution in [0.3, 0.4) is 0 Å². The monoisotopic (exact) mass is 323 g/mol. The smallest absolute Gasteiger partial charge is 0.118 e. The highest BCUT2D eigenvalue weighted by Gasteiger charge is 2.24. The predicted molar refractivity (Wildman–Crippen MR) is 100 cm³/mol. The van der Waals surface area contributed by atoms with Crippen LogP contribution in [-0.4, -0.2) is 29.6 Å². The Bertz CT molecular complexity index is 617. The average molecular weight is 323 g/mol. The third-order valence-corrected chi connectivity index (χ3v) is 5.54. The number of hydrogen-bond donors (Lipinski definition) is 1. The molecule has 1 fully saturated rings. The molecule has 0 bridgehead atoms. The maximum atomic E-state index is 9.85. The Labute approximate surface area is 146 Å². The molecule has 2 nitrogen and oxygen atoms in total. The molecule has 1 aliphatic rings. The molecular weight excluding hydrogens is 294 g/mol. The molecule has 1 aliphatic carbocycles. The van der Waals surface area contributed by atoms with E-state index in [2.05, 4.69) is 42.3 Å². The Hall–Kier alpha value is -1.80. The summed E-state index contributed by atoms with van der Waals surface area (Å²) in [5.41, 5.74) is 2.58. The van der Waals surface area contributed by atoms with Crippen molar-refractivity contribution in [1.82, 2.24) is 4.90 Å². The summed E-state index contributed by atoms with van der Waals surface area (Å²) in [5, 5.41) is 9.85. The third kappa shape index (κ3) is 4.39. The molecule has 2 heteroatoms. The topological polar surface area (TPSA) is 23.5 Å². The van der Waals surface area contributed by atoms with Crippen molar-refractivity contribution < 1.29 is 5.11 Å². The molecule has 0 aliphatic heterocycles. The first-order valence-corrected chi connectivity index (χ1v) is 9.26. The molecule has 0 aromatic heterocycles. The molecule has 0 radical (unpaired) electrons. The second kappa shape index (κ2) is 8.34. The van der Waals surface area contributed by atoms with Gasteiger partial charge >= 0.3 is 0 Å². The van der Waals surface area contributed by atoms with Crippen LogP contribution in [0.2, 0.25) is 0 Å². The van der Waals surface area contributed by atoms with Gasteiger partial charge in [0.15, 0.2) is 0 Å². The fraction of sp³-hybridized carbons (Fsp3) is 0.455. The van der Waals surface area contributed by atoms with Crippen LogP contribution in [0.5, 0.6) is 5.75 Å². The van der Waals surface area contributed by atoms with Crippen molar-refractivity contribution in [2.45, 2.75) is 50.5 Å². The number of rotatable bonds is 6. The molecular formula is C22H29NO. The number of phenols is 1. The van der Waals surface area contributed by atoms with Crippen LogP contribution in [0.4, 0.5) is 0 Å². The number of benzene rings is 2. The summed E-state index contributed by atoms with van der Waals surface area (Å²) in [5.74, 6) is 1.18. The Morgan fingerprint density at radius 2 is 1.58 bits per heavy atom. The molecule has 0 atom stereocenters. The summed E-state index contributed by atoms with van der Waals surface area (Å²) in [6.45, 7) is 1.11. The first kappa shape index (κ1) is 17.0. The van der Waals surface area contributed by atoms with Gasteiger partial charge in [0, 0.05) is 6.04 Å². The van der Waals surface area contributed by atoms with E-state index in [-0.39, 0.29) is 0 Å². The van der Waals surface area contributed by atoms with Gasteiger partial charge in [-0.1, -0.05) is 48.5 Å². The lowest BCUT2D eigenvalue weighted by Gasteiger charge is -2.35. The summed E-state index contributed by atoms with van der Waals surface area (Å²) in [4.78, 5) is 2.53. The fourth-order valence-corrected chi connectivity index (χ4v) is 4.00. The van der Waals surface area contributed by atoms with Crippen molar-refractivity contribution in [2.75, 3.05) is 13.6 Å². The molecule has 0 unspecified atom stereocenters. The minimum atomic E-state index is 0.434. The van der Waals surface area contributed by atoms with Gasteiger partial charge < -0.3 is 10.0 Å². The highest BCUT2D eigenvalue weighted by molar-refractivity contribution is 5.31. The van der Waals surface area contributed by atoms with Crippen LogP contribution < -0.4 is 0 Å². The summed E-state index contributed by atoms with van der Waals surface area (Å²) in [6, 6.07) is 19.4. The van der Waals surface area contributed by atoms with E-state index in [1.807, 2.05) is 18.2 Å². The number of hydrogen-bond acceptors (Lipinski definition) is 2. The zero-order valence-corrected chi connectivity index (χ0v) is 14.7. The zero-order valence-electron chi connectivity index (χ0n) is 14.7. The molecule has 0 saturated heterocycles.